The quantitative estimate of drug-likeness (QED) is 0.848. The molecule has 2 aliphatic rings. The molecule has 1 fully saturated rings. The minimum atomic E-state index is -0.0725. The summed E-state index contributed by atoms with van der Waals surface area (Å²) in [5.74, 6) is 1.63. The van der Waals surface area contributed by atoms with Crippen molar-refractivity contribution in [2.45, 2.75) is 25.7 Å². The Kier molecular flexibility index (Phi) is 3.88. The molecule has 1 aliphatic heterocycles. The van der Waals surface area contributed by atoms with Gasteiger partial charge in [0.15, 0.2) is 0 Å². The van der Waals surface area contributed by atoms with E-state index in [9.17, 15) is 4.79 Å². The van der Waals surface area contributed by atoms with Crippen molar-refractivity contribution in [1.29, 1.82) is 0 Å². The third-order valence-corrected chi connectivity index (χ3v) is 4.66. The van der Waals surface area contributed by atoms with Crippen molar-refractivity contribution in [3.05, 3.63) is 29.8 Å². The molecule has 108 valence electrons. The molecule has 1 aromatic rings. The number of halogens is 1. The number of rotatable bonds is 5. The molecule has 1 N–H and O–H groups in total. The zero-order valence-corrected chi connectivity index (χ0v) is 12.3. The molecule has 1 aromatic carbocycles. The lowest BCUT2D eigenvalue weighted by Crippen LogP contribution is -2.40. The molecule has 1 amide bonds. The van der Waals surface area contributed by atoms with E-state index in [2.05, 4.69) is 5.32 Å². The third kappa shape index (κ3) is 2.93. The Balaban J connectivity index is 1.54. The molecule has 3 rings (SSSR count). The van der Waals surface area contributed by atoms with E-state index in [4.69, 9.17) is 16.3 Å². The van der Waals surface area contributed by atoms with Gasteiger partial charge in [0.2, 0.25) is 5.91 Å². The molecule has 0 radical (unpaired) electrons. The van der Waals surface area contributed by atoms with Crippen LogP contribution in [0.25, 0.3) is 0 Å². The third-order valence-electron chi connectivity index (χ3n) is 4.47. The second-order valence-electron chi connectivity index (χ2n) is 5.98. The van der Waals surface area contributed by atoms with Gasteiger partial charge < -0.3 is 10.1 Å². The molecule has 1 atom stereocenters. The summed E-state index contributed by atoms with van der Waals surface area (Å²) in [5.41, 5.74) is 1.41. The minimum absolute atomic E-state index is 0.0725. The Labute approximate surface area is 124 Å². The first kappa shape index (κ1) is 13.7. The molecule has 0 aromatic heterocycles. The van der Waals surface area contributed by atoms with Crippen LogP contribution in [0.2, 0.25) is 0 Å². The van der Waals surface area contributed by atoms with Gasteiger partial charge in [0.25, 0.3) is 0 Å². The highest BCUT2D eigenvalue weighted by Crippen LogP contribution is 2.48. The van der Waals surface area contributed by atoms with Crippen LogP contribution in [0.1, 0.15) is 24.8 Å². The van der Waals surface area contributed by atoms with Crippen molar-refractivity contribution in [3.8, 4) is 5.75 Å². The van der Waals surface area contributed by atoms with Crippen molar-refractivity contribution in [2.75, 3.05) is 19.0 Å². The van der Waals surface area contributed by atoms with Crippen LogP contribution in [0.15, 0.2) is 24.3 Å². The number of hydrogen-bond acceptors (Lipinski definition) is 2. The fourth-order valence-electron chi connectivity index (χ4n) is 2.81. The van der Waals surface area contributed by atoms with E-state index in [-0.39, 0.29) is 17.2 Å². The second kappa shape index (κ2) is 5.65. The van der Waals surface area contributed by atoms with E-state index in [1.54, 1.807) is 0 Å². The van der Waals surface area contributed by atoms with Crippen molar-refractivity contribution in [1.82, 2.24) is 5.32 Å². The first-order valence-corrected chi connectivity index (χ1v) is 7.80. The normalized spacial score (nSPS) is 22.6. The molecular formula is C16H20ClNO2. The Morgan fingerprint density at radius 1 is 1.40 bits per heavy atom. The summed E-state index contributed by atoms with van der Waals surface area (Å²) in [7, 11) is 0. The number of alkyl halides is 1. The number of benzene rings is 1. The van der Waals surface area contributed by atoms with E-state index >= 15 is 0 Å². The molecule has 1 saturated carbocycles. The van der Waals surface area contributed by atoms with Crippen LogP contribution in [0.3, 0.4) is 0 Å². The molecule has 4 heteroatoms. The van der Waals surface area contributed by atoms with E-state index < -0.39 is 0 Å². The van der Waals surface area contributed by atoms with Gasteiger partial charge >= 0.3 is 0 Å². The average Bonchev–Trinajstić information content (AvgIpc) is 3.25. The summed E-state index contributed by atoms with van der Waals surface area (Å²) in [4.78, 5) is 12.3. The van der Waals surface area contributed by atoms with Crippen LogP contribution in [0, 0.1) is 11.3 Å². The molecule has 1 heterocycles. The van der Waals surface area contributed by atoms with Gasteiger partial charge in [0.1, 0.15) is 12.4 Å². The van der Waals surface area contributed by atoms with Gasteiger partial charge in [-0.15, -0.1) is 11.6 Å². The molecule has 0 bridgehead atoms. The number of ether oxygens (including phenoxy) is 1. The molecule has 1 unspecified atom stereocenters. The first-order chi connectivity index (χ1) is 9.72. The lowest BCUT2D eigenvalue weighted by molar-refractivity contribution is -0.126. The van der Waals surface area contributed by atoms with Gasteiger partial charge in [-0.25, -0.2) is 0 Å². The number of amides is 1. The highest BCUT2D eigenvalue weighted by atomic mass is 35.5. The summed E-state index contributed by atoms with van der Waals surface area (Å²) < 4.78 is 5.67. The van der Waals surface area contributed by atoms with Gasteiger partial charge in [0.05, 0.1) is 5.92 Å². The lowest BCUT2D eigenvalue weighted by atomic mass is 9.95. The molecule has 0 saturated heterocycles. The van der Waals surface area contributed by atoms with E-state index in [0.717, 1.165) is 30.7 Å². The monoisotopic (exact) mass is 293 g/mol. The molecule has 0 spiro atoms. The highest BCUT2D eigenvalue weighted by Gasteiger charge is 2.42. The van der Waals surface area contributed by atoms with Crippen LogP contribution < -0.4 is 10.1 Å². The zero-order valence-electron chi connectivity index (χ0n) is 11.5. The standard InChI is InChI=1S/C16H20ClNO2/c17-8-7-16(5-6-16)11-18-15(19)13-9-12-3-1-2-4-14(12)20-10-13/h1-4,13H,5-11H2,(H,18,19). The fourth-order valence-corrected chi connectivity index (χ4v) is 3.21. The van der Waals surface area contributed by atoms with E-state index in [0.29, 0.717) is 12.5 Å². The largest absolute Gasteiger partial charge is 0.492 e. The average molecular weight is 294 g/mol. The number of fused-ring (bicyclic) bond motifs is 1. The van der Waals surface area contributed by atoms with Crippen LogP contribution in [0.5, 0.6) is 5.75 Å². The van der Waals surface area contributed by atoms with Crippen LogP contribution in [0.4, 0.5) is 0 Å². The van der Waals surface area contributed by atoms with Crippen LogP contribution in [-0.4, -0.2) is 24.9 Å². The number of carbonyl (C=O) groups excluding carboxylic acids is 1. The smallest absolute Gasteiger partial charge is 0.226 e. The van der Waals surface area contributed by atoms with E-state index in [1.165, 1.54) is 12.8 Å². The highest BCUT2D eigenvalue weighted by molar-refractivity contribution is 6.17. The number of nitrogens with one attached hydrogen (secondary N) is 1. The van der Waals surface area contributed by atoms with Crippen molar-refractivity contribution >= 4 is 17.5 Å². The SMILES string of the molecule is O=C(NCC1(CCCl)CC1)C1COc2ccccc2C1. The number of para-hydroxylation sites is 1. The zero-order chi connectivity index (χ0) is 14.0. The van der Waals surface area contributed by atoms with Crippen molar-refractivity contribution < 1.29 is 9.53 Å². The lowest BCUT2D eigenvalue weighted by Gasteiger charge is -2.25. The first-order valence-electron chi connectivity index (χ1n) is 7.27. The van der Waals surface area contributed by atoms with Crippen LogP contribution >= 0.6 is 11.6 Å². The number of carbonyl (C=O) groups is 1. The van der Waals surface area contributed by atoms with Crippen LogP contribution in [-0.2, 0) is 11.2 Å². The maximum atomic E-state index is 12.3. The van der Waals surface area contributed by atoms with Gasteiger partial charge in [-0.2, -0.15) is 0 Å². The predicted molar refractivity (Wildman–Crippen MR) is 79.1 cm³/mol. The number of hydrogen-bond donors (Lipinski definition) is 1. The molecule has 3 nitrogen and oxygen atoms in total. The molecular weight excluding hydrogens is 274 g/mol. The molecule has 20 heavy (non-hydrogen) atoms. The Morgan fingerprint density at radius 2 is 2.20 bits per heavy atom. The van der Waals surface area contributed by atoms with Gasteiger partial charge in [-0.3, -0.25) is 4.79 Å². The Morgan fingerprint density at radius 3 is 2.95 bits per heavy atom. The van der Waals surface area contributed by atoms with Crippen molar-refractivity contribution in [2.24, 2.45) is 11.3 Å². The Bertz CT molecular complexity index is 499. The second-order valence-corrected chi connectivity index (χ2v) is 6.35. The van der Waals surface area contributed by atoms with Gasteiger partial charge in [-0.05, 0) is 42.7 Å². The van der Waals surface area contributed by atoms with Crippen molar-refractivity contribution in [3.63, 3.8) is 0 Å². The summed E-state index contributed by atoms with van der Waals surface area (Å²) in [6.45, 7) is 1.24. The van der Waals surface area contributed by atoms with Gasteiger partial charge in [0, 0.05) is 12.4 Å². The topological polar surface area (TPSA) is 38.3 Å². The summed E-state index contributed by atoms with van der Waals surface area (Å²) >= 11 is 5.81. The minimum Gasteiger partial charge on any atom is -0.492 e. The summed E-state index contributed by atoms with van der Waals surface area (Å²) in [5, 5.41) is 3.09. The summed E-state index contributed by atoms with van der Waals surface area (Å²) in [6.07, 6.45) is 4.14. The maximum absolute atomic E-state index is 12.3. The predicted octanol–water partition coefficient (Wildman–Crippen LogP) is 2.76. The molecule has 1 aliphatic carbocycles. The fraction of sp³-hybridized carbons (Fsp3) is 0.562. The Hall–Kier alpha value is -1.22. The summed E-state index contributed by atoms with van der Waals surface area (Å²) in [6, 6.07) is 7.94. The maximum Gasteiger partial charge on any atom is 0.226 e. The van der Waals surface area contributed by atoms with E-state index in [1.807, 2.05) is 24.3 Å². The van der Waals surface area contributed by atoms with Gasteiger partial charge in [-0.1, -0.05) is 18.2 Å².